The van der Waals surface area contributed by atoms with E-state index < -0.39 is 0 Å². The number of ether oxygens (including phenoxy) is 1. The van der Waals surface area contributed by atoms with Crippen LogP contribution in [-0.4, -0.2) is 10.2 Å². The van der Waals surface area contributed by atoms with Gasteiger partial charge in [-0.25, -0.2) is 4.39 Å². The van der Waals surface area contributed by atoms with E-state index in [0.29, 0.717) is 11.6 Å². The van der Waals surface area contributed by atoms with Crippen molar-refractivity contribution in [2.75, 3.05) is 5.32 Å². The number of anilines is 1. The summed E-state index contributed by atoms with van der Waals surface area (Å²) in [6, 6.07) is 16.5. The number of rotatable bonds is 4. The van der Waals surface area contributed by atoms with Crippen molar-refractivity contribution >= 4 is 5.69 Å². The summed E-state index contributed by atoms with van der Waals surface area (Å²) in [7, 11) is 0. The maximum Gasteiger partial charge on any atom is 0.238 e. The molecule has 1 aliphatic rings. The van der Waals surface area contributed by atoms with Crippen LogP contribution in [0.1, 0.15) is 29.3 Å². The number of hydrogen-bond donors (Lipinski definition) is 1. The molecule has 0 saturated carbocycles. The van der Waals surface area contributed by atoms with Crippen LogP contribution >= 0.6 is 0 Å². The molecule has 0 radical (unpaired) electrons. The van der Waals surface area contributed by atoms with Crippen LogP contribution in [0.3, 0.4) is 0 Å². The highest BCUT2D eigenvalue weighted by atomic mass is 19.1. The number of aryl methyl sites for hydroxylation is 2. The van der Waals surface area contributed by atoms with Gasteiger partial charge in [-0.1, -0.05) is 6.07 Å². The van der Waals surface area contributed by atoms with Crippen molar-refractivity contribution in [3.8, 4) is 11.6 Å². The maximum atomic E-state index is 13.5. The van der Waals surface area contributed by atoms with Gasteiger partial charge in [-0.2, -0.15) is 5.10 Å². The third-order valence-electron chi connectivity index (χ3n) is 4.38. The number of hydrogen-bond acceptors (Lipinski definition) is 4. The topological polar surface area (TPSA) is 47.0 Å². The number of fused-ring (bicyclic) bond motifs is 1. The van der Waals surface area contributed by atoms with E-state index >= 15 is 0 Å². The molecule has 0 saturated heterocycles. The van der Waals surface area contributed by atoms with Gasteiger partial charge in [0.1, 0.15) is 11.6 Å². The van der Waals surface area contributed by atoms with Crippen molar-refractivity contribution < 1.29 is 9.13 Å². The molecule has 0 spiro atoms. The number of benzene rings is 2. The molecule has 25 heavy (non-hydrogen) atoms. The van der Waals surface area contributed by atoms with E-state index in [1.807, 2.05) is 43.3 Å². The molecule has 1 heterocycles. The van der Waals surface area contributed by atoms with Crippen LogP contribution in [0.4, 0.5) is 10.1 Å². The van der Waals surface area contributed by atoms with Gasteiger partial charge in [-0.15, -0.1) is 5.10 Å². The molecular weight excluding hydrogens is 317 g/mol. The van der Waals surface area contributed by atoms with Crippen LogP contribution in [0.2, 0.25) is 0 Å². The fraction of sp³-hybridized carbons (Fsp3) is 0.200. The van der Waals surface area contributed by atoms with Gasteiger partial charge >= 0.3 is 0 Å². The first-order chi connectivity index (χ1) is 12.2. The van der Waals surface area contributed by atoms with Gasteiger partial charge in [0, 0.05) is 11.8 Å². The molecule has 0 fully saturated rings. The Morgan fingerprint density at radius 1 is 1.04 bits per heavy atom. The number of nitrogens with zero attached hydrogens (tertiary/aromatic N) is 2. The zero-order chi connectivity index (χ0) is 17.2. The van der Waals surface area contributed by atoms with Crippen molar-refractivity contribution in [3.63, 3.8) is 0 Å². The summed E-state index contributed by atoms with van der Waals surface area (Å²) < 4.78 is 19.2. The lowest BCUT2D eigenvalue weighted by molar-refractivity contribution is 0.454. The first-order valence-electron chi connectivity index (χ1n) is 8.30. The minimum atomic E-state index is -0.185. The summed E-state index contributed by atoms with van der Waals surface area (Å²) in [5, 5.41) is 11.4. The molecule has 1 aliphatic carbocycles. The first kappa shape index (κ1) is 15.6. The van der Waals surface area contributed by atoms with Gasteiger partial charge < -0.3 is 10.1 Å². The second-order valence-corrected chi connectivity index (χ2v) is 6.22. The van der Waals surface area contributed by atoms with E-state index in [4.69, 9.17) is 4.74 Å². The molecule has 0 bridgehead atoms. The second kappa shape index (κ2) is 6.51. The minimum absolute atomic E-state index is 0.139. The van der Waals surface area contributed by atoms with Crippen molar-refractivity contribution in [2.45, 2.75) is 25.8 Å². The van der Waals surface area contributed by atoms with Crippen LogP contribution in [0.5, 0.6) is 11.6 Å². The quantitative estimate of drug-likeness (QED) is 0.743. The Morgan fingerprint density at radius 3 is 2.64 bits per heavy atom. The van der Waals surface area contributed by atoms with Gasteiger partial charge in [0.25, 0.3) is 0 Å². The molecule has 5 heteroatoms. The zero-order valence-electron chi connectivity index (χ0n) is 13.9. The van der Waals surface area contributed by atoms with Crippen LogP contribution in [0.25, 0.3) is 0 Å². The van der Waals surface area contributed by atoms with E-state index in [0.717, 1.165) is 29.8 Å². The lowest BCUT2D eigenvalue weighted by atomic mass is 10.1. The van der Waals surface area contributed by atoms with Gasteiger partial charge in [0.05, 0.1) is 11.7 Å². The third-order valence-corrected chi connectivity index (χ3v) is 4.38. The van der Waals surface area contributed by atoms with Crippen molar-refractivity contribution in [2.24, 2.45) is 0 Å². The van der Waals surface area contributed by atoms with E-state index in [-0.39, 0.29) is 11.9 Å². The predicted octanol–water partition coefficient (Wildman–Crippen LogP) is 4.82. The molecule has 1 aromatic heterocycles. The van der Waals surface area contributed by atoms with Crippen LogP contribution in [-0.2, 0) is 6.42 Å². The zero-order valence-corrected chi connectivity index (χ0v) is 13.9. The minimum Gasteiger partial charge on any atom is -0.438 e. The normalized spacial score (nSPS) is 15.7. The van der Waals surface area contributed by atoms with E-state index in [1.54, 1.807) is 12.1 Å². The van der Waals surface area contributed by atoms with E-state index in [9.17, 15) is 4.39 Å². The molecule has 2 aromatic carbocycles. The Labute approximate surface area is 145 Å². The lowest BCUT2D eigenvalue weighted by Gasteiger charge is -2.16. The Hall–Kier alpha value is -2.95. The van der Waals surface area contributed by atoms with Crippen LogP contribution < -0.4 is 10.1 Å². The third kappa shape index (κ3) is 3.45. The Bertz CT molecular complexity index is 878. The summed E-state index contributed by atoms with van der Waals surface area (Å²) in [6.07, 6.45) is 1.94. The molecule has 1 atom stereocenters. The summed E-state index contributed by atoms with van der Waals surface area (Å²) >= 11 is 0. The summed E-state index contributed by atoms with van der Waals surface area (Å²) in [4.78, 5) is 0. The SMILES string of the molecule is Cc1ccc(Oc2ccc(NC3CCc4ccc(F)cc43)cc2)nn1. The summed E-state index contributed by atoms with van der Waals surface area (Å²) in [5.41, 5.74) is 4.09. The smallest absolute Gasteiger partial charge is 0.238 e. The molecule has 1 unspecified atom stereocenters. The Morgan fingerprint density at radius 2 is 1.88 bits per heavy atom. The highest BCUT2D eigenvalue weighted by Crippen LogP contribution is 2.34. The highest BCUT2D eigenvalue weighted by molar-refractivity contribution is 5.50. The van der Waals surface area contributed by atoms with Crippen LogP contribution in [0.15, 0.2) is 54.6 Å². The van der Waals surface area contributed by atoms with Crippen molar-refractivity contribution in [1.29, 1.82) is 0 Å². The standard InChI is InChI=1S/C20H18FN3O/c1-13-2-11-20(24-23-13)25-17-8-6-16(7-9-17)22-19-10-4-14-3-5-15(21)12-18(14)19/h2-3,5-9,11-12,19,22H,4,10H2,1H3. The average Bonchev–Trinajstić information content (AvgIpc) is 3.01. The molecule has 126 valence electrons. The number of nitrogens with one attached hydrogen (secondary N) is 1. The fourth-order valence-corrected chi connectivity index (χ4v) is 3.11. The monoisotopic (exact) mass is 335 g/mol. The lowest BCUT2D eigenvalue weighted by Crippen LogP contribution is -2.07. The van der Waals surface area contributed by atoms with E-state index in [1.165, 1.54) is 11.6 Å². The second-order valence-electron chi connectivity index (χ2n) is 6.22. The Kier molecular flexibility index (Phi) is 4.06. The van der Waals surface area contributed by atoms with E-state index in [2.05, 4.69) is 15.5 Å². The summed E-state index contributed by atoms with van der Waals surface area (Å²) in [6.45, 7) is 1.88. The molecule has 0 amide bonds. The van der Waals surface area contributed by atoms with Crippen LogP contribution in [0, 0.1) is 12.7 Å². The van der Waals surface area contributed by atoms with Crippen molar-refractivity contribution in [3.05, 3.63) is 77.2 Å². The van der Waals surface area contributed by atoms with Gasteiger partial charge in [-0.05, 0) is 73.4 Å². The van der Waals surface area contributed by atoms with Crippen molar-refractivity contribution in [1.82, 2.24) is 10.2 Å². The first-order valence-corrected chi connectivity index (χ1v) is 8.30. The average molecular weight is 335 g/mol. The molecule has 4 rings (SSSR count). The fourth-order valence-electron chi connectivity index (χ4n) is 3.11. The summed E-state index contributed by atoms with van der Waals surface area (Å²) in [5.74, 6) is 0.975. The van der Waals surface area contributed by atoms with Gasteiger partial charge in [0.15, 0.2) is 0 Å². The highest BCUT2D eigenvalue weighted by Gasteiger charge is 2.22. The molecule has 3 aromatic rings. The number of halogens is 1. The molecular formula is C20H18FN3O. The van der Waals surface area contributed by atoms with Gasteiger partial charge in [0.2, 0.25) is 5.88 Å². The predicted molar refractivity (Wildman–Crippen MR) is 94.4 cm³/mol. The Balaban J connectivity index is 1.45. The molecule has 0 aliphatic heterocycles. The maximum absolute atomic E-state index is 13.5. The number of aromatic nitrogens is 2. The molecule has 4 nitrogen and oxygen atoms in total. The largest absolute Gasteiger partial charge is 0.438 e. The molecule has 1 N–H and O–H groups in total. The van der Waals surface area contributed by atoms with Gasteiger partial charge in [-0.3, -0.25) is 0 Å².